The van der Waals surface area contributed by atoms with Gasteiger partial charge >= 0.3 is 5.97 Å². The Morgan fingerprint density at radius 2 is 2.33 bits per heavy atom. The van der Waals surface area contributed by atoms with E-state index < -0.39 is 5.97 Å². The first kappa shape index (κ1) is 10.5. The van der Waals surface area contributed by atoms with Crippen LogP contribution in [0.15, 0.2) is 18.2 Å². The normalized spacial score (nSPS) is 18.9. The molecule has 0 aromatic heterocycles. The van der Waals surface area contributed by atoms with E-state index in [-0.39, 0.29) is 6.42 Å². The van der Waals surface area contributed by atoms with Crippen LogP contribution in [-0.2, 0) is 11.2 Å². The second-order valence-corrected chi connectivity index (χ2v) is 4.45. The highest BCUT2D eigenvalue weighted by Gasteiger charge is 2.22. The van der Waals surface area contributed by atoms with Gasteiger partial charge in [0.05, 0.1) is 0 Å². The van der Waals surface area contributed by atoms with Crippen molar-refractivity contribution < 1.29 is 9.90 Å². The van der Waals surface area contributed by atoms with E-state index in [1.807, 2.05) is 18.2 Å². The lowest BCUT2D eigenvalue weighted by Gasteiger charge is -2.09. The number of carboxylic acid groups (broad SMARTS) is 1. The Morgan fingerprint density at radius 1 is 1.53 bits per heavy atom. The molecular weight excluding hydrogens is 212 g/mol. The number of carbonyl (C=O) groups is 1. The predicted octanol–water partition coefficient (Wildman–Crippen LogP) is 3.23. The second kappa shape index (κ2) is 4.23. The minimum atomic E-state index is -0.711. The quantitative estimate of drug-likeness (QED) is 0.856. The number of aliphatic carboxylic acids is 1. The van der Waals surface area contributed by atoms with Gasteiger partial charge in [-0.15, -0.1) is 0 Å². The summed E-state index contributed by atoms with van der Waals surface area (Å²) in [5, 5.41) is 9.42. The van der Waals surface area contributed by atoms with Gasteiger partial charge in [0, 0.05) is 11.4 Å². The molecule has 1 aliphatic carbocycles. The summed E-state index contributed by atoms with van der Waals surface area (Å²) >= 11 is 5.90. The molecule has 2 rings (SSSR count). The van der Waals surface area contributed by atoms with Crippen molar-refractivity contribution in [3.8, 4) is 0 Å². The Labute approximate surface area is 93.9 Å². The van der Waals surface area contributed by atoms with E-state index in [0.29, 0.717) is 5.92 Å². The number of fused-ring (bicyclic) bond motifs is 1. The highest BCUT2D eigenvalue weighted by atomic mass is 35.5. The summed E-state index contributed by atoms with van der Waals surface area (Å²) in [5.41, 5.74) is 2.58. The summed E-state index contributed by atoms with van der Waals surface area (Å²) in [5.74, 6) is -0.300. The third kappa shape index (κ3) is 2.32. The van der Waals surface area contributed by atoms with Crippen LogP contribution in [0.3, 0.4) is 0 Å². The van der Waals surface area contributed by atoms with Gasteiger partial charge in [0.25, 0.3) is 0 Å². The molecule has 15 heavy (non-hydrogen) atoms. The van der Waals surface area contributed by atoms with Gasteiger partial charge in [-0.2, -0.15) is 0 Å². The molecule has 3 heteroatoms. The number of carboxylic acids is 1. The van der Waals surface area contributed by atoms with Gasteiger partial charge in [0.2, 0.25) is 0 Å². The van der Waals surface area contributed by atoms with Crippen molar-refractivity contribution in [3.05, 3.63) is 34.3 Å². The van der Waals surface area contributed by atoms with Crippen molar-refractivity contribution in [3.63, 3.8) is 0 Å². The lowest BCUT2D eigenvalue weighted by Crippen LogP contribution is -2.00. The zero-order valence-corrected chi connectivity index (χ0v) is 9.13. The van der Waals surface area contributed by atoms with Gasteiger partial charge in [-0.25, -0.2) is 0 Å². The van der Waals surface area contributed by atoms with E-state index in [9.17, 15) is 4.79 Å². The highest BCUT2D eigenvalue weighted by molar-refractivity contribution is 6.30. The molecular formula is C12H13ClO2. The van der Waals surface area contributed by atoms with Crippen molar-refractivity contribution in [2.75, 3.05) is 0 Å². The van der Waals surface area contributed by atoms with Gasteiger partial charge in [-0.3, -0.25) is 4.79 Å². The van der Waals surface area contributed by atoms with Gasteiger partial charge in [-0.1, -0.05) is 17.7 Å². The van der Waals surface area contributed by atoms with Crippen LogP contribution in [-0.4, -0.2) is 11.1 Å². The Bertz CT molecular complexity index is 387. The molecule has 0 saturated heterocycles. The first-order valence-electron chi connectivity index (χ1n) is 5.17. The smallest absolute Gasteiger partial charge is 0.303 e. The minimum Gasteiger partial charge on any atom is -0.481 e. The lowest BCUT2D eigenvalue weighted by atomic mass is 9.96. The topological polar surface area (TPSA) is 37.3 Å². The van der Waals surface area contributed by atoms with Crippen LogP contribution in [0.5, 0.6) is 0 Å². The molecule has 0 radical (unpaired) electrons. The maximum atomic E-state index is 10.5. The lowest BCUT2D eigenvalue weighted by molar-refractivity contribution is -0.137. The van der Waals surface area contributed by atoms with Gasteiger partial charge in [-0.05, 0) is 48.4 Å². The van der Waals surface area contributed by atoms with Crippen molar-refractivity contribution in [1.29, 1.82) is 0 Å². The van der Waals surface area contributed by atoms with Crippen molar-refractivity contribution in [1.82, 2.24) is 0 Å². The van der Waals surface area contributed by atoms with E-state index in [4.69, 9.17) is 16.7 Å². The number of benzene rings is 1. The largest absolute Gasteiger partial charge is 0.481 e. The molecule has 1 N–H and O–H groups in total. The Balaban J connectivity index is 2.11. The molecule has 1 atom stereocenters. The number of hydrogen-bond acceptors (Lipinski definition) is 1. The van der Waals surface area contributed by atoms with Crippen LogP contribution < -0.4 is 0 Å². The van der Waals surface area contributed by atoms with Crippen LogP contribution in [0.2, 0.25) is 5.02 Å². The summed E-state index contributed by atoms with van der Waals surface area (Å²) in [6, 6.07) is 5.92. The molecule has 1 aliphatic rings. The maximum absolute atomic E-state index is 10.5. The first-order valence-corrected chi connectivity index (χ1v) is 5.54. The van der Waals surface area contributed by atoms with Crippen LogP contribution in [0, 0.1) is 0 Å². The van der Waals surface area contributed by atoms with Gasteiger partial charge in [0.15, 0.2) is 0 Å². The third-order valence-electron chi connectivity index (χ3n) is 3.01. The predicted molar refractivity (Wildman–Crippen MR) is 59.4 cm³/mol. The SMILES string of the molecule is O=C(O)CCC1CCc2cc(Cl)ccc21. The number of hydrogen-bond donors (Lipinski definition) is 1. The monoisotopic (exact) mass is 224 g/mol. The van der Waals surface area contributed by atoms with E-state index in [2.05, 4.69) is 0 Å². The number of halogens is 1. The fourth-order valence-electron chi connectivity index (χ4n) is 2.27. The molecule has 0 heterocycles. The average Bonchev–Trinajstić information content (AvgIpc) is 2.57. The van der Waals surface area contributed by atoms with Crippen molar-refractivity contribution in [2.24, 2.45) is 0 Å². The number of rotatable bonds is 3. The molecule has 0 aliphatic heterocycles. The highest BCUT2D eigenvalue weighted by Crippen LogP contribution is 2.37. The second-order valence-electron chi connectivity index (χ2n) is 4.01. The van der Waals surface area contributed by atoms with Gasteiger partial charge in [0.1, 0.15) is 0 Å². The molecule has 0 amide bonds. The van der Waals surface area contributed by atoms with Crippen LogP contribution in [0.25, 0.3) is 0 Å². The molecule has 80 valence electrons. The fourth-order valence-corrected chi connectivity index (χ4v) is 2.47. The summed E-state index contributed by atoms with van der Waals surface area (Å²) in [6.45, 7) is 0. The molecule has 2 nitrogen and oxygen atoms in total. The molecule has 1 aromatic rings. The maximum Gasteiger partial charge on any atom is 0.303 e. The summed E-state index contributed by atoms with van der Waals surface area (Å²) in [6.07, 6.45) is 3.08. The first-order chi connectivity index (χ1) is 7.16. The van der Waals surface area contributed by atoms with Crippen molar-refractivity contribution >= 4 is 17.6 Å². The zero-order valence-electron chi connectivity index (χ0n) is 8.37. The van der Waals surface area contributed by atoms with E-state index >= 15 is 0 Å². The van der Waals surface area contributed by atoms with Crippen LogP contribution in [0.4, 0.5) is 0 Å². The van der Waals surface area contributed by atoms with Crippen LogP contribution in [0.1, 0.15) is 36.3 Å². The molecule has 1 unspecified atom stereocenters. The average molecular weight is 225 g/mol. The van der Waals surface area contributed by atoms with Gasteiger partial charge < -0.3 is 5.11 Å². The summed E-state index contributed by atoms with van der Waals surface area (Å²) < 4.78 is 0. The van der Waals surface area contributed by atoms with Crippen LogP contribution >= 0.6 is 11.6 Å². The Hall–Kier alpha value is -1.02. The van der Waals surface area contributed by atoms with E-state index in [0.717, 1.165) is 24.3 Å². The molecule has 1 aromatic carbocycles. The van der Waals surface area contributed by atoms with Crippen molar-refractivity contribution in [2.45, 2.75) is 31.6 Å². The van der Waals surface area contributed by atoms with E-state index in [1.165, 1.54) is 11.1 Å². The zero-order chi connectivity index (χ0) is 10.8. The minimum absolute atomic E-state index is 0.257. The molecule has 0 fully saturated rings. The third-order valence-corrected chi connectivity index (χ3v) is 3.25. The molecule has 0 spiro atoms. The molecule has 0 saturated carbocycles. The standard InChI is InChI=1S/C12H13ClO2/c13-10-4-5-11-8(3-6-12(14)15)1-2-9(11)7-10/h4-5,7-8H,1-3,6H2,(H,14,15). The van der Waals surface area contributed by atoms with E-state index in [1.54, 1.807) is 0 Å². The Morgan fingerprint density at radius 3 is 3.07 bits per heavy atom. The number of aryl methyl sites for hydroxylation is 1. The summed E-state index contributed by atoms with van der Waals surface area (Å²) in [7, 11) is 0. The summed E-state index contributed by atoms with van der Waals surface area (Å²) in [4.78, 5) is 10.5. The fraction of sp³-hybridized carbons (Fsp3) is 0.417. The molecule has 0 bridgehead atoms. The Kier molecular flexibility index (Phi) is 2.96.